The van der Waals surface area contributed by atoms with Crippen molar-refractivity contribution < 1.29 is 37.7 Å². The molecule has 0 bridgehead atoms. The number of benzene rings is 1. The molecular weight excluding hydrogens is 372 g/mol. The molecular formula is C16H13ClO9. The lowest BCUT2D eigenvalue weighted by Crippen LogP contribution is -2.15. The predicted molar refractivity (Wildman–Crippen MR) is 88.0 cm³/mol. The van der Waals surface area contributed by atoms with Gasteiger partial charge in [-0.05, 0) is 31.5 Å². The van der Waals surface area contributed by atoms with Crippen LogP contribution in [0.3, 0.4) is 0 Å². The van der Waals surface area contributed by atoms with Crippen molar-refractivity contribution in [1.82, 2.24) is 0 Å². The fourth-order valence-electron chi connectivity index (χ4n) is 1.91. The van der Waals surface area contributed by atoms with Crippen molar-refractivity contribution in [1.29, 1.82) is 0 Å². The Morgan fingerprint density at radius 3 is 2.04 bits per heavy atom. The van der Waals surface area contributed by atoms with E-state index in [1.807, 2.05) is 0 Å². The first-order valence-corrected chi connectivity index (χ1v) is 7.73. The summed E-state index contributed by atoms with van der Waals surface area (Å²) in [6.45, 7) is 3.22. The van der Waals surface area contributed by atoms with E-state index >= 15 is 0 Å². The van der Waals surface area contributed by atoms with Gasteiger partial charge in [0, 0.05) is 6.07 Å². The predicted octanol–water partition coefficient (Wildman–Crippen LogP) is 3.24. The van der Waals surface area contributed by atoms with Crippen LogP contribution in [0.1, 0.15) is 24.2 Å². The van der Waals surface area contributed by atoms with E-state index < -0.39 is 28.5 Å². The van der Waals surface area contributed by atoms with Crippen LogP contribution in [0.4, 0.5) is 9.59 Å². The number of hydrogen-bond donors (Lipinski definition) is 0. The maximum Gasteiger partial charge on any atom is 0.513 e. The van der Waals surface area contributed by atoms with E-state index in [1.54, 1.807) is 13.8 Å². The Morgan fingerprint density at radius 1 is 1.00 bits per heavy atom. The van der Waals surface area contributed by atoms with Crippen LogP contribution >= 0.6 is 11.6 Å². The molecule has 1 aromatic carbocycles. The third-order valence-electron chi connectivity index (χ3n) is 2.96. The van der Waals surface area contributed by atoms with Gasteiger partial charge >= 0.3 is 12.3 Å². The van der Waals surface area contributed by atoms with Crippen molar-refractivity contribution in [3.63, 3.8) is 0 Å². The van der Waals surface area contributed by atoms with Crippen LogP contribution in [0.15, 0.2) is 27.6 Å². The van der Waals surface area contributed by atoms with Gasteiger partial charge in [-0.25, -0.2) is 9.59 Å². The highest BCUT2D eigenvalue weighted by molar-refractivity contribution is 6.67. The Balaban J connectivity index is 2.58. The Labute approximate surface area is 151 Å². The van der Waals surface area contributed by atoms with Gasteiger partial charge in [0.1, 0.15) is 17.4 Å². The van der Waals surface area contributed by atoms with Gasteiger partial charge < -0.3 is 23.4 Å². The number of ether oxygens (including phenoxy) is 4. The van der Waals surface area contributed by atoms with Crippen molar-refractivity contribution in [2.45, 2.75) is 13.8 Å². The number of fused-ring (bicyclic) bond motifs is 1. The second-order valence-electron chi connectivity index (χ2n) is 4.62. The third kappa shape index (κ3) is 4.31. The van der Waals surface area contributed by atoms with Crippen LogP contribution in [0.5, 0.6) is 11.5 Å². The average Bonchev–Trinajstić information content (AvgIpc) is 2.56. The number of carbonyl (C=O) groups excluding carboxylic acids is 3. The molecule has 10 heteroatoms. The number of rotatable bonds is 5. The highest BCUT2D eigenvalue weighted by Gasteiger charge is 2.20. The number of halogens is 1. The minimum Gasteiger partial charge on any atom is -0.463 e. The minimum absolute atomic E-state index is 0.0350. The standard InChI is InChI=1S/C16H13ClO9/c1-3-22-15(20)25-11-5-8-10(6-12(11)26-16(21)23-4-2)24-7-9(13(8)18)14(17)19/h5-7H,3-4H2,1-2H3. The van der Waals surface area contributed by atoms with Crippen LogP contribution in [-0.4, -0.2) is 30.8 Å². The van der Waals surface area contributed by atoms with Gasteiger partial charge in [0.2, 0.25) is 5.43 Å². The molecule has 1 heterocycles. The first kappa shape index (κ1) is 19.3. The summed E-state index contributed by atoms with van der Waals surface area (Å²) in [5.41, 5.74) is -1.19. The van der Waals surface area contributed by atoms with Crippen LogP contribution in [0.2, 0.25) is 0 Å². The fraction of sp³-hybridized carbons (Fsp3) is 0.250. The van der Waals surface area contributed by atoms with Crippen molar-refractivity contribution >= 4 is 40.1 Å². The average molecular weight is 385 g/mol. The van der Waals surface area contributed by atoms with E-state index in [2.05, 4.69) is 9.47 Å². The molecule has 0 spiro atoms. The molecule has 9 nitrogen and oxygen atoms in total. The van der Waals surface area contributed by atoms with E-state index in [9.17, 15) is 19.2 Å². The second-order valence-corrected chi connectivity index (χ2v) is 4.96. The molecule has 26 heavy (non-hydrogen) atoms. The van der Waals surface area contributed by atoms with E-state index in [-0.39, 0.29) is 35.7 Å². The van der Waals surface area contributed by atoms with Crippen molar-refractivity contribution in [2.75, 3.05) is 13.2 Å². The Kier molecular flexibility index (Phi) is 6.18. The summed E-state index contributed by atoms with van der Waals surface area (Å²) in [4.78, 5) is 46.7. The molecule has 0 fully saturated rings. The molecule has 2 rings (SSSR count). The zero-order valence-corrected chi connectivity index (χ0v) is 14.5. The van der Waals surface area contributed by atoms with Crippen LogP contribution in [-0.2, 0) is 9.47 Å². The van der Waals surface area contributed by atoms with Crippen LogP contribution < -0.4 is 14.9 Å². The second kappa shape index (κ2) is 8.34. The first-order chi connectivity index (χ1) is 12.4. The molecule has 138 valence electrons. The maximum absolute atomic E-state index is 12.3. The van der Waals surface area contributed by atoms with Gasteiger partial charge in [-0.1, -0.05) is 0 Å². The molecule has 0 aliphatic carbocycles. The monoisotopic (exact) mass is 384 g/mol. The van der Waals surface area contributed by atoms with Crippen LogP contribution in [0, 0.1) is 0 Å². The molecule has 0 atom stereocenters. The molecule has 0 aliphatic rings. The van der Waals surface area contributed by atoms with Gasteiger partial charge in [0.15, 0.2) is 11.5 Å². The molecule has 0 amide bonds. The normalized spacial score (nSPS) is 10.3. The molecule has 0 N–H and O–H groups in total. The summed E-state index contributed by atoms with van der Waals surface area (Å²) >= 11 is 5.32. The van der Waals surface area contributed by atoms with Crippen molar-refractivity contribution in [2.24, 2.45) is 0 Å². The zero-order chi connectivity index (χ0) is 19.3. The fourth-order valence-corrected chi connectivity index (χ4v) is 2.04. The smallest absolute Gasteiger partial charge is 0.463 e. The Hall–Kier alpha value is -3.07. The quantitative estimate of drug-likeness (QED) is 0.434. The molecule has 0 unspecified atom stereocenters. The lowest BCUT2D eigenvalue weighted by atomic mass is 10.1. The molecule has 0 radical (unpaired) electrons. The molecule has 0 saturated carbocycles. The van der Waals surface area contributed by atoms with E-state index in [0.29, 0.717) is 0 Å². The highest BCUT2D eigenvalue weighted by atomic mass is 35.5. The highest BCUT2D eigenvalue weighted by Crippen LogP contribution is 2.32. The van der Waals surface area contributed by atoms with Gasteiger partial charge in [0.25, 0.3) is 5.24 Å². The number of hydrogen-bond acceptors (Lipinski definition) is 9. The van der Waals surface area contributed by atoms with Gasteiger partial charge in [-0.3, -0.25) is 9.59 Å². The Bertz CT molecular complexity index is 916. The summed E-state index contributed by atoms with van der Waals surface area (Å²) in [5.74, 6) is -0.562. The first-order valence-electron chi connectivity index (χ1n) is 7.35. The summed E-state index contributed by atoms with van der Waals surface area (Å²) in [6, 6.07) is 2.20. The van der Waals surface area contributed by atoms with Crippen molar-refractivity contribution in [3.05, 3.63) is 34.2 Å². The molecule has 0 aliphatic heterocycles. The summed E-state index contributed by atoms with van der Waals surface area (Å²) in [5, 5.41) is -1.13. The molecule has 2 aromatic rings. The number of carbonyl (C=O) groups is 3. The Morgan fingerprint density at radius 2 is 1.54 bits per heavy atom. The SMILES string of the molecule is CCOC(=O)Oc1cc2occ(C(=O)Cl)c(=O)c2cc1OC(=O)OCC. The summed E-state index contributed by atoms with van der Waals surface area (Å²) in [6.07, 6.45) is -1.27. The topological polar surface area (TPSA) is 118 Å². The summed E-state index contributed by atoms with van der Waals surface area (Å²) < 4.78 is 24.3. The van der Waals surface area contributed by atoms with Gasteiger partial charge in [-0.15, -0.1) is 0 Å². The van der Waals surface area contributed by atoms with Crippen molar-refractivity contribution in [3.8, 4) is 11.5 Å². The molecule has 1 aromatic heterocycles. The third-order valence-corrected chi connectivity index (χ3v) is 3.17. The zero-order valence-electron chi connectivity index (χ0n) is 13.7. The lowest BCUT2D eigenvalue weighted by molar-refractivity contribution is 0.0940. The van der Waals surface area contributed by atoms with E-state index in [1.165, 1.54) is 0 Å². The van der Waals surface area contributed by atoms with E-state index in [4.69, 9.17) is 25.5 Å². The lowest BCUT2D eigenvalue weighted by Gasteiger charge is -2.11. The van der Waals surface area contributed by atoms with Crippen LogP contribution in [0.25, 0.3) is 11.0 Å². The van der Waals surface area contributed by atoms with Gasteiger partial charge in [0.05, 0.1) is 18.6 Å². The van der Waals surface area contributed by atoms with Gasteiger partial charge in [-0.2, -0.15) is 0 Å². The maximum atomic E-state index is 12.3. The molecule has 0 saturated heterocycles. The summed E-state index contributed by atoms with van der Waals surface area (Å²) in [7, 11) is 0. The minimum atomic E-state index is -1.09. The largest absolute Gasteiger partial charge is 0.513 e. The van der Waals surface area contributed by atoms with E-state index in [0.717, 1.165) is 18.4 Å².